The zero-order valence-electron chi connectivity index (χ0n) is 15.5. The molecule has 2 amide bonds. The third kappa shape index (κ3) is 4.69. The zero-order chi connectivity index (χ0) is 20.1. The molecule has 0 spiro atoms. The second-order valence-electron chi connectivity index (χ2n) is 6.64. The Hall–Kier alpha value is -2.87. The number of anilines is 1. The summed E-state index contributed by atoms with van der Waals surface area (Å²) in [7, 11) is -3.71. The van der Waals surface area contributed by atoms with E-state index in [2.05, 4.69) is 10.6 Å². The number of benzene rings is 2. The first-order valence-electron chi connectivity index (χ1n) is 8.97. The van der Waals surface area contributed by atoms with E-state index in [1.54, 1.807) is 0 Å². The summed E-state index contributed by atoms with van der Waals surface area (Å²) in [5.74, 6) is -0.294. The standard InChI is InChI=1S/C20H22N2O5S/c1-14(11-19(23)21-10-9-15-5-3-2-4-6-15)28(25,26)16-7-8-17-18(12-16)27-13-20(24)22-17/h2-8,12,14H,9-11,13H2,1H3,(H,21,23)(H,22,24). The normalized spacial score (nSPS) is 14.4. The minimum atomic E-state index is -3.71. The van der Waals surface area contributed by atoms with Crippen LogP contribution < -0.4 is 15.4 Å². The molecule has 28 heavy (non-hydrogen) atoms. The molecular formula is C20H22N2O5S. The van der Waals surface area contributed by atoms with Crippen molar-refractivity contribution in [3.05, 3.63) is 54.1 Å². The van der Waals surface area contributed by atoms with Gasteiger partial charge in [-0.15, -0.1) is 0 Å². The molecule has 2 N–H and O–H groups in total. The molecule has 0 aliphatic carbocycles. The molecule has 7 nitrogen and oxygen atoms in total. The van der Waals surface area contributed by atoms with Gasteiger partial charge < -0.3 is 15.4 Å². The Labute approximate surface area is 164 Å². The maximum Gasteiger partial charge on any atom is 0.262 e. The van der Waals surface area contributed by atoms with Crippen LogP contribution in [0.15, 0.2) is 53.4 Å². The van der Waals surface area contributed by atoms with E-state index in [1.165, 1.54) is 25.1 Å². The first-order chi connectivity index (χ1) is 13.4. The molecule has 1 aliphatic rings. The molecule has 0 saturated heterocycles. The molecule has 2 aromatic carbocycles. The van der Waals surface area contributed by atoms with E-state index in [0.717, 1.165) is 5.56 Å². The minimum absolute atomic E-state index is 0.0620. The Balaban J connectivity index is 1.59. The molecule has 1 atom stereocenters. The molecular weight excluding hydrogens is 380 g/mol. The van der Waals surface area contributed by atoms with Gasteiger partial charge >= 0.3 is 0 Å². The quantitative estimate of drug-likeness (QED) is 0.737. The fourth-order valence-electron chi connectivity index (χ4n) is 2.90. The van der Waals surface area contributed by atoms with Gasteiger partial charge in [-0.3, -0.25) is 9.59 Å². The second kappa shape index (κ2) is 8.43. The molecule has 0 saturated carbocycles. The Bertz CT molecular complexity index is 973. The van der Waals surface area contributed by atoms with Crippen LogP contribution in [-0.2, 0) is 25.8 Å². The fourth-order valence-corrected chi connectivity index (χ4v) is 4.26. The predicted octanol–water partition coefficient (Wildman–Crippen LogP) is 1.93. The lowest BCUT2D eigenvalue weighted by atomic mass is 10.1. The second-order valence-corrected chi connectivity index (χ2v) is 9.01. The number of carbonyl (C=O) groups excluding carboxylic acids is 2. The largest absolute Gasteiger partial charge is 0.482 e. The van der Waals surface area contributed by atoms with Crippen molar-refractivity contribution in [2.75, 3.05) is 18.5 Å². The van der Waals surface area contributed by atoms with Crippen molar-refractivity contribution in [2.45, 2.75) is 29.9 Å². The van der Waals surface area contributed by atoms with E-state index in [1.807, 2.05) is 30.3 Å². The molecule has 8 heteroatoms. The van der Waals surface area contributed by atoms with Gasteiger partial charge in [0.1, 0.15) is 5.75 Å². The third-order valence-corrected chi connectivity index (χ3v) is 6.63. The predicted molar refractivity (Wildman–Crippen MR) is 105 cm³/mol. The summed E-state index contributed by atoms with van der Waals surface area (Å²) in [6.45, 7) is 1.80. The summed E-state index contributed by atoms with van der Waals surface area (Å²) < 4.78 is 30.9. The van der Waals surface area contributed by atoms with Gasteiger partial charge in [0.25, 0.3) is 5.91 Å². The van der Waals surface area contributed by atoms with E-state index in [4.69, 9.17) is 4.74 Å². The maximum atomic E-state index is 12.8. The molecule has 1 heterocycles. The van der Waals surface area contributed by atoms with Crippen LogP contribution in [0.5, 0.6) is 5.75 Å². The molecule has 1 unspecified atom stereocenters. The van der Waals surface area contributed by atoms with Crippen molar-refractivity contribution in [1.29, 1.82) is 0 Å². The molecule has 0 fully saturated rings. The Morgan fingerprint density at radius 3 is 2.71 bits per heavy atom. The Kier molecular flexibility index (Phi) is 5.99. The van der Waals surface area contributed by atoms with Gasteiger partial charge in [-0.1, -0.05) is 30.3 Å². The topological polar surface area (TPSA) is 102 Å². The third-order valence-electron chi connectivity index (χ3n) is 4.50. The number of amides is 2. The number of fused-ring (bicyclic) bond motifs is 1. The highest BCUT2D eigenvalue weighted by Crippen LogP contribution is 2.31. The van der Waals surface area contributed by atoms with Crippen molar-refractivity contribution < 1.29 is 22.7 Å². The number of hydrogen-bond acceptors (Lipinski definition) is 5. The molecule has 3 rings (SSSR count). The van der Waals surface area contributed by atoms with Crippen molar-refractivity contribution in [3.63, 3.8) is 0 Å². The summed E-state index contributed by atoms with van der Waals surface area (Å²) in [5.41, 5.74) is 1.53. The SMILES string of the molecule is CC(CC(=O)NCCc1ccccc1)S(=O)(=O)c1ccc2c(c1)OCC(=O)N2. The number of carbonyl (C=O) groups is 2. The van der Waals surface area contributed by atoms with Crippen molar-refractivity contribution in [2.24, 2.45) is 0 Å². The van der Waals surface area contributed by atoms with Crippen LogP contribution in [0.1, 0.15) is 18.9 Å². The van der Waals surface area contributed by atoms with Gasteiger partial charge in [0, 0.05) is 19.0 Å². The van der Waals surface area contributed by atoms with Crippen LogP contribution in [0.3, 0.4) is 0 Å². The average molecular weight is 402 g/mol. The molecule has 2 aromatic rings. The zero-order valence-corrected chi connectivity index (χ0v) is 16.3. The first kappa shape index (κ1) is 19.9. The number of sulfone groups is 1. The number of nitrogens with one attached hydrogen (secondary N) is 2. The average Bonchev–Trinajstić information content (AvgIpc) is 2.68. The monoisotopic (exact) mass is 402 g/mol. The van der Waals surface area contributed by atoms with E-state index in [-0.39, 0.29) is 29.7 Å². The van der Waals surface area contributed by atoms with Gasteiger partial charge in [-0.25, -0.2) is 8.42 Å². The van der Waals surface area contributed by atoms with Crippen molar-refractivity contribution in [3.8, 4) is 5.75 Å². The van der Waals surface area contributed by atoms with Gasteiger partial charge in [0.05, 0.1) is 15.8 Å². The molecule has 1 aliphatic heterocycles. The summed E-state index contributed by atoms with van der Waals surface area (Å²) in [4.78, 5) is 23.5. The van der Waals surface area contributed by atoms with Crippen molar-refractivity contribution in [1.82, 2.24) is 5.32 Å². The highest BCUT2D eigenvalue weighted by Gasteiger charge is 2.27. The van der Waals surface area contributed by atoms with E-state index < -0.39 is 15.1 Å². The number of ether oxygens (including phenoxy) is 1. The molecule has 0 bridgehead atoms. The van der Waals surface area contributed by atoms with E-state index in [0.29, 0.717) is 24.4 Å². The van der Waals surface area contributed by atoms with Crippen LogP contribution in [0.4, 0.5) is 5.69 Å². The lowest BCUT2D eigenvalue weighted by molar-refractivity contribution is -0.121. The molecule has 0 radical (unpaired) electrons. The number of rotatable bonds is 7. The van der Waals surface area contributed by atoms with Gasteiger partial charge in [0.15, 0.2) is 16.4 Å². The highest BCUT2D eigenvalue weighted by molar-refractivity contribution is 7.92. The summed E-state index contributed by atoms with van der Waals surface area (Å²) >= 11 is 0. The van der Waals surface area contributed by atoms with E-state index >= 15 is 0 Å². The van der Waals surface area contributed by atoms with Crippen LogP contribution in [-0.4, -0.2) is 38.6 Å². The molecule has 148 valence electrons. The smallest absolute Gasteiger partial charge is 0.262 e. The number of hydrogen-bond donors (Lipinski definition) is 2. The Morgan fingerprint density at radius 1 is 1.21 bits per heavy atom. The Morgan fingerprint density at radius 2 is 1.96 bits per heavy atom. The summed E-state index contributed by atoms with van der Waals surface area (Å²) in [6.07, 6.45) is 0.549. The van der Waals surface area contributed by atoms with Crippen LogP contribution in [0, 0.1) is 0 Å². The highest BCUT2D eigenvalue weighted by atomic mass is 32.2. The van der Waals surface area contributed by atoms with Gasteiger partial charge in [-0.2, -0.15) is 0 Å². The van der Waals surface area contributed by atoms with Gasteiger partial charge in [-0.05, 0) is 31.0 Å². The van der Waals surface area contributed by atoms with Crippen LogP contribution in [0.2, 0.25) is 0 Å². The van der Waals surface area contributed by atoms with Crippen LogP contribution >= 0.6 is 0 Å². The van der Waals surface area contributed by atoms with Gasteiger partial charge in [0.2, 0.25) is 5.91 Å². The summed E-state index contributed by atoms with van der Waals surface area (Å²) in [6, 6.07) is 14.0. The fraction of sp³-hybridized carbons (Fsp3) is 0.300. The summed E-state index contributed by atoms with van der Waals surface area (Å²) in [5, 5.41) is 4.49. The first-order valence-corrected chi connectivity index (χ1v) is 10.5. The maximum absolute atomic E-state index is 12.8. The minimum Gasteiger partial charge on any atom is -0.482 e. The molecule has 0 aromatic heterocycles. The van der Waals surface area contributed by atoms with Crippen LogP contribution in [0.25, 0.3) is 0 Å². The lowest BCUT2D eigenvalue weighted by Gasteiger charge is -2.19. The van der Waals surface area contributed by atoms with Crippen molar-refractivity contribution >= 4 is 27.3 Å². The van der Waals surface area contributed by atoms with E-state index in [9.17, 15) is 18.0 Å². The lowest BCUT2D eigenvalue weighted by Crippen LogP contribution is -2.31.